The first-order chi connectivity index (χ1) is 16.9. The molecule has 184 valence electrons. The van der Waals surface area contributed by atoms with E-state index in [1.54, 1.807) is 28.6 Å². The van der Waals surface area contributed by atoms with E-state index < -0.39 is 0 Å². The summed E-state index contributed by atoms with van der Waals surface area (Å²) in [7, 11) is 1.77. The maximum Gasteiger partial charge on any atom is 0.252 e. The number of anilines is 1. The van der Waals surface area contributed by atoms with E-state index in [2.05, 4.69) is 55.0 Å². The van der Waals surface area contributed by atoms with Crippen molar-refractivity contribution in [1.82, 2.24) is 24.2 Å². The van der Waals surface area contributed by atoms with Gasteiger partial charge >= 0.3 is 0 Å². The van der Waals surface area contributed by atoms with E-state index in [0.717, 1.165) is 42.7 Å². The molecule has 1 aliphatic heterocycles. The van der Waals surface area contributed by atoms with Gasteiger partial charge in [-0.1, -0.05) is 19.9 Å². The third-order valence-corrected chi connectivity index (χ3v) is 7.95. The van der Waals surface area contributed by atoms with Gasteiger partial charge in [0, 0.05) is 62.1 Å². The molecule has 0 bridgehead atoms. The smallest absolute Gasteiger partial charge is 0.252 e. The second-order valence-corrected chi connectivity index (χ2v) is 10.1. The van der Waals surface area contributed by atoms with Gasteiger partial charge in [-0.15, -0.1) is 0 Å². The van der Waals surface area contributed by atoms with Gasteiger partial charge in [0.15, 0.2) is 0 Å². The van der Waals surface area contributed by atoms with Crippen LogP contribution in [0.3, 0.4) is 0 Å². The molecule has 0 spiro atoms. The van der Waals surface area contributed by atoms with E-state index in [4.69, 9.17) is 15.3 Å². The quantitative estimate of drug-likeness (QED) is 0.516. The zero-order valence-corrected chi connectivity index (χ0v) is 21.2. The SMILES string of the molecule is CC[C@H]1CN([C@@H](C)c2ccc(C3CC3)nc2)[C@H](CC)CN1c1cc(=O)n(C)c2cn(CC#N)nc12. The number of fused-ring (bicyclic) bond motifs is 1. The number of rotatable bonds is 7. The number of pyridine rings is 2. The molecule has 0 amide bonds. The van der Waals surface area contributed by atoms with Gasteiger partial charge in [-0.3, -0.25) is 19.4 Å². The second-order valence-electron chi connectivity index (χ2n) is 10.1. The first kappa shape index (κ1) is 23.6. The second kappa shape index (κ2) is 9.46. The van der Waals surface area contributed by atoms with Crippen molar-refractivity contribution in [1.29, 1.82) is 5.26 Å². The van der Waals surface area contributed by atoms with Crippen molar-refractivity contribution in [3.63, 3.8) is 0 Å². The summed E-state index contributed by atoms with van der Waals surface area (Å²) in [5.41, 5.74) is 4.88. The largest absolute Gasteiger partial charge is 0.364 e. The Hall–Kier alpha value is -3.18. The summed E-state index contributed by atoms with van der Waals surface area (Å²) in [5.74, 6) is 0.669. The molecule has 0 unspecified atom stereocenters. The fraction of sp³-hybridized carbons (Fsp3) is 0.556. The van der Waals surface area contributed by atoms with Crippen LogP contribution < -0.4 is 10.5 Å². The van der Waals surface area contributed by atoms with Gasteiger partial charge in [-0.25, -0.2) is 0 Å². The molecular weight excluding hydrogens is 438 g/mol. The Kier molecular flexibility index (Phi) is 6.37. The highest BCUT2D eigenvalue weighted by atomic mass is 16.1. The van der Waals surface area contributed by atoms with E-state index in [-0.39, 0.29) is 24.2 Å². The minimum Gasteiger partial charge on any atom is -0.364 e. The lowest BCUT2D eigenvalue weighted by Crippen LogP contribution is -2.58. The fourth-order valence-corrected chi connectivity index (χ4v) is 5.54. The zero-order valence-electron chi connectivity index (χ0n) is 21.2. The summed E-state index contributed by atoms with van der Waals surface area (Å²) in [6.07, 6.45) is 8.40. The van der Waals surface area contributed by atoms with Crippen LogP contribution in [0.25, 0.3) is 11.0 Å². The molecule has 5 rings (SSSR count). The van der Waals surface area contributed by atoms with Crippen molar-refractivity contribution in [2.45, 2.75) is 77.0 Å². The van der Waals surface area contributed by atoms with Gasteiger partial charge in [0.1, 0.15) is 12.1 Å². The molecule has 3 atom stereocenters. The van der Waals surface area contributed by atoms with Crippen LogP contribution in [0.2, 0.25) is 0 Å². The van der Waals surface area contributed by atoms with E-state index in [1.165, 1.54) is 24.1 Å². The van der Waals surface area contributed by atoms with Crippen LogP contribution in [0.1, 0.15) is 69.7 Å². The van der Waals surface area contributed by atoms with Crippen LogP contribution in [0, 0.1) is 11.3 Å². The normalized spacial score (nSPS) is 21.9. The fourth-order valence-electron chi connectivity index (χ4n) is 5.54. The van der Waals surface area contributed by atoms with Gasteiger partial charge in [-0.05, 0) is 44.2 Å². The van der Waals surface area contributed by atoms with Crippen molar-refractivity contribution in [2.75, 3.05) is 18.0 Å². The van der Waals surface area contributed by atoms with Crippen molar-refractivity contribution in [3.05, 3.63) is 52.2 Å². The molecule has 2 aliphatic rings. The number of piperazine rings is 1. The van der Waals surface area contributed by atoms with Crippen LogP contribution in [0.5, 0.6) is 0 Å². The number of aryl methyl sites for hydroxylation is 1. The van der Waals surface area contributed by atoms with Crippen LogP contribution in [0.4, 0.5) is 5.69 Å². The van der Waals surface area contributed by atoms with Gasteiger partial charge < -0.3 is 9.47 Å². The molecular formula is C27H35N7O. The molecule has 8 heteroatoms. The van der Waals surface area contributed by atoms with Gasteiger partial charge in [0.25, 0.3) is 5.56 Å². The van der Waals surface area contributed by atoms with E-state index in [0.29, 0.717) is 12.0 Å². The highest BCUT2D eigenvalue weighted by Crippen LogP contribution is 2.39. The Balaban J connectivity index is 1.46. The Labute approximate surface area is 206 Å². The minimum atomic E-state index is -0.0514. The molecule has 0 radical (unpaired) electrons. The van der Waals surface area contributed by atoms with Crippen LogP contribution in [-0.2, 0) is 13.6 Å². The third kappa shape index (κ3) is 4.34. The summed E-state index contributed by atoms with van der Waals surface area (Å²) >= 11 is 0. The monoisotopic (exact) mass is 473 g/mol. The van der Waals surface area contributed by atoms with Crippen LogP contribution in [0.15, 0.2) is 35.4 Å². The molecule has 4 heterocycles. The number of nitriles is 1. The number of nitrogens with zero attached hydrogens (tertiary/aromatic N) is 7. The highest BCUT2D eigenvalue weighted by molar-refractivity contribution is 5.88. The van der Waals surface area contributed by atoms with Gasteiger partial charge in [0.05, 0.1) is 23.5 Å². The van der Waals surface area contributed by atoms with Crippen molar-refractivity contribution >= 4 is 16.7 Å². The van der Waals surface area contributed by atoms with E-state index in [9.17, 15) is 4.79 Å². The Bertz CT molecular complexity index is 1300. The number of hydrogen-bond acceptors (Lipinski definition) is 6. The molecule has 8 nitrogen and oxygen atoms in total. The number of hydrogen-bond donors (Lipinski definition) is 0. The number of aromatic nitrogens is 4. The minimum absolute atomic E-state index is 0.0514. The van der Waals surface area contributed by atoms with Crippen LogP contribution >= 0.6 is 0 Å². The first-order valence-corrected chi connectivity index (χ1v) is 12.9. The van der Waals surface area contributed by atoms with Crippen LogP contribution in [-0.4, -0.2) is 49.4 Å². The summed E-state index contributed by atoms with van der Waals surface area (Å²) in [6.45, 7) is 8.65. The van der Waals surface area contributed by atoms with Gasteiger partial charge in [0.2, 0.25) is 0 Å². The van der Waals surface area contributed by atoms with E-state index >= 15 is 0 Å². The Morgan fingerprint density at radius 1 is 1.17 bits per heavy atom. The summed E-state index contributed by atoms with van der Waals surface area (Å²) in [4.78, 5) is 22.6. The predicted octanol–water partition coefficient (Wildman–Crippen LogP) is 3.97. The standard InChI is InChI=1S/C27H35N7O/c1-5-21-16-34(24-13-26(35)31(4)25-17-32(12-11-28)30-27(24)25)22(6-2)15-33(21)18(3)20-9-10-23(29-14-20)19-7-8-19/h9-10,13-14,17-19,21-22H,5-8,12,15-16H2,1-4H3/t18-,21+,22-/m0/s1. The van der Waals surface area contributed by atoms with Crippen molar-refractivity contribution < 1.29 is 0 Å². The maximum atomic E-state index is 12.9. The molecule has 1 aliphatic carbocycles. The summed E-state index contributed by atoms with van der Waals surface area (Å²) in [6, 6.07) is 9.22. The first-order valence-electron chi connectivity index (χ1n) is 12.9. The Morgan fingerprint density at radius 2 is 1.94 bits per heavy atom. The summed E-state index contributed by atoms with van der Waals surface area (Å²) in [5, 5.41) is 13.9. The van der Waals surface area contributed by atoms with Crippen molar-refractivity contribution in [3.8, 4) is 6.07 Å². The molecule has 0 N–H and O–H groups in total. The molecule has 3 aromatic rings. The molecule has 3 aromatic heterocycles. The lowest BCUT2D eigenvalue weighted by Gasteiger charge is -2.49. The molecule has 35 heavy (non-hydrogen) atoms. The van der Waals surface area contributed by atoms with Gasteiger partial charge in [-0.2, -0.15) is 10.4 Å². The lowest BCUT2D eigenvalue weighted by atomic mass is 9.97. The third-order valence-electron chi connectivity index (χ3n) is 7.95. The zero-order chi connectivity index (χ0) is 24.7. The average Bonchev–Trinajstić information content (AvgIpc) is 3.65. The topological polar surface area (TPSA) is 83.0 Å². The molecule has 0 aromatic carbocycles. The molecule has 1 saturated heterocycles. The average molecular weight is 474 g/mol. The maximum absolute atomic E-state index is 12.9. The molecule has 1 saturated carbocycles. The lowest BCUT2D eigenvalue weighted by molar-refractivity contribution is 0.101. The predicted molar refractivity (Wildman–Crippen MR) is 137 cm³/mol. The molecule has 2 fully saturated rings. The Morgan fingerprint density at radius 3 is 2.57 bits per heavy atom. The summed E-state index contributed by atoms with van der Waals surface area (Å²) < 4.78 is 3.25. The van der Waals surface area contributed by atoms with E-state index in [1.807, 2.05) is 0 Å². The highest BCUT2D eigenvalue weighted by Gasteiger charge is 2.36. The van der Waals surface area contributed by atoms with Crippen molar-refractivity contribution in [2.24, 2.45) is 7.05 Å².